The van der Waals surface area contributed by atoms with Crippen LogP contribution in [0, 0.1) is 5.92 Å². The number of carbonyl (C=O) groups is 2. The van der Waals surface area contributed by atoms with Gasteiger partial charge >= 0.3 is 0 Å². The summed E-state index contributed by atoms with van der Waals surface area (Å²) in [6, 6.07) is 1.46. The van der Waals surface area contributed by atoms with Crippen LogP contribution in [0.15, 0.2) is 29.2 Å². The number of hydrogen-bond acceptors (Lipinski definition) is 5. The summed E-state index contributed by atoms with van der Waals surface area (Å²) in [7, 11) is 3.59. The number of aromatic nitrogens is 3. The fraction of sp³-hybridized carbons (Fsp3) is 0.529. The molecule has 2 aromatic heterocycles. The van der Waals surface area contributed by atoms with Crippen LogP contribution < -0.4 is 0 Å². The largest absolute Gasteiger partial charge is 0.364 e. The van der Waals surface area contributed by atoms with Gasteiger partial charge in [-0.25, -0.2) is 0 Å². The van der Waals surface area contributed by atoms with E-state index in [9.17, 15) is 9.59 Å². The lowest BCUT2D eigenvalue weighted by Gasteiger charge is -2.40. The van der Waals surface area contributed by atoms with Crippen molar-refractivity contribution in [2.24, 2.45) is 13.0 Å². The number of nitrogens with zero attached hydrogens (tertiary/aromatic N) is 5. The van der Waals surface area contributed by atoms with Gasteiger partial charge in [-0.05, 0) is 13.3 Å². The van der Waals surface area contributed by atoms with Gasteiger partial charge in [0.1, 0.15) is 12.0 Å². The molecule has 134 valence electrons. The lowest BCUT2D eigenvalue weighted by Crippen LogP contribution is -2.48. The molecule has 1 saturated heterocycles. The van der Waals surface area contributed by atoms with E-state index in [1.54, 1.807) is 33.8 Å². The molecule has 0 N–H and O–H groups in total. The summed E-state index contributed by atoms with van der Waals surface area (Å²) < 4.78 is 6.53. The van der Waals surface area contributed by atoms with E-state index in [1.165, 1.54) is 6.26 Å². The molecule has 0 saturated carbocycles. The second kappa shape index (κ2) is 7.08. The van der Waals surface area contributed by atoms with Crippen molar-refractivity contribution < 1.29 is 14.1 Å². The van der Waals surface area contributed by atoms with Gasteiger partial charge in [-0.15, -0.1) is 0 Å². The molecule has 8 heteroatoms. The quantitative estimate of drug-likeness (QED) is 0.817. The molecule has 8 nitrogen and oxygen atoms in total. The van der Waals surface area contributed by atoms with Crippen LogP contribution in [0.1, 0.15) is 37.1 Å². The maximum Gasteiger partial charge on any atom is 0.228 e. The first-order chi connectivity index (χ1) is 12.0. The predicted molar refractivity (Wildman–Crippen MR) is 89.0 cm³/mol. The second-order valence-electron chi connectivity index (χ2n) is 6.40. The second-order valence-corrected chi connectivity index (χ2v) is 6.40. The van der Waals surface area contributed by atoms with E-state index in [0.29, 0.717) is 31.6 Å². The van der Waals surface area contributed by atoms with E-state index < -0.39 is 0 Å². The Morgan fingerprint density at radius 3 is 2.88 bits per heavy atom. The van der Waals surface area contributed by atoms with E-state index in [2.05, 4.69) is 10.3 Å². The molecule has 3 rings (SSSR count). The highest BCUT2D eigenvalue weighted by Gasteiger charge is 2.41. The van der Waals surface area contributed by atoms with Crippen molar-refractivity contribution in [1.29, 1.82) is 0 Å². The SMILES string of the molecule is CCN1C(=O)CCC(C(=O)N(C)Cc2ccon2)C1c1cnn(C)c1. The highest BCUT2D eigenvalue weighted by atomic mass is 16.5. The van der Waals surface area contributed by atoms with E-state index in [4.69, 9.17) is 4.52 Å². The molecule has 25 heavy (non-hydrogen) atoms. The standard InChI is InChI=1S/C17H23N5O3/c1-4-22-15(23)6-5-14(16(22)12-9-18-21(3)10-12)17(24)20(2)11-13-7-8-25-19-13/h7-10,14,16H,4-6,11H2,1-3H3. The van der Waals surface area contributed by atoms with Crippen LogP contribution in [0.25, 0.3) is 0 Å². The van der Waals surface area contributed by atoms with Crippen LogP contribution in [0.3, 0.4) is 0 Å². The summed E-state index contributed by atoms with van der Waals surface area (Å²) in [4.78, 5) is 28.9. The van der Waals surface area contributed by atoms with E-state index >= 15 is 0 Å². The van der Waals surface area contributed by atoms with Gasteiger partial charge in [0, 0.05) is 44.9 Å². The number of piperidine rings is 1. The molecule has 0 radical (unpaired) electrons. The topological polar surface area (TPSA) is 84.5 Å². The summed E-state index contributed by atoms with van der Waals surface area (Å²) in [6.45, 7) is 2.88. The minimum Gasteiger partial charge on any atom is -0.364 e. The van der Waals surface area contributed by atoms with Gasteiger partial charge in [0.2, 0.25) is 11.8 Å². The lowest BCUT2D eigenvalue weighted by atomic mass is 9.84. The highest BCUT2D eigenvalue weighted by molar-refractivity contribution is 5.85. The number of aryl methyl sites for hydroxylation is 1. The van der Waals surface area contributed by atoms with Gasteiger partial charge in [-0.3, -0.25) is 14.3 Å². The zero-order valence-corrected chi connectivity index (χ0v) is 14.8. The van der Waals surface area contributed by atoms with Crippen molar-refractivity contribution in [2.75, 3.05) is 13.6 Å². The first-order valence-electron chi connectivity index (χ1n) is 8.43. The molecule has 3 heterocycles. The monoisotopic (exact) mass is 345 g/mol. The summed E-state index contributed by atoms with van der Waals surface area (Å²) >= 11 is 0. The van der Waals surface area contributed by atoms with Gasteiger partial charge in [0.05, 0.1) is 24.7 Å². The van der Waals surface area contributed by atoms with E-state index in [-0.39, 0.29) is 23.8 Å². The third kappa shape index (κ3) is 3.42. The minimum absolute atomic E-state index is 0.00260. The van der Waals surface area contributed by atoms with Crippen LogP contribution in [0.4, 0.5) is 0 Å². The summed E-state index contributed by atoms with van der Waals surface area (Å²) in [6.07, 6.45) is 6.04. The van der Waals surface area contributed by atoms with Crippen LogP contribution >= 0.6 is 0 Å². The van der Waals surface area contributed by atoms with Crippen molar-refractivity contribution in [2.45, 2.75) is 32.4 Å². The molecular weight excluding hydrogens is 322 g/mol. The van der Waals surface area contributed by atoms with Crippen LogP contribution in [0.2, 0.25) is 0 Å². The molecule has 1 aliphatic rings. The Morgan fingerprint density at radius 1 is 1.48 bits per heavy atom. The molecule has 1 aliphatic heterocycles. The van der Waals surface area contributed by atoms with Crippen molar-refractivity contribution in [3.63, 3.8) is 0 Å². The minimum atomic E-state index is -0.293. The molecule has 2 aromatic rings. The zero-order chi connectivity index (χ0) is 18.0. The molecule has 2 unspecified atom stereocenters. The summed E-state index contributed by atoms with van der Waals surface area (Å²) in [5.74, 6) is -0.207. The normalized spacial score (nSPS) is 20.8. The van der Waals surface area contributed by atoms with E-state index in [0.717, 1.165) is 5.56 Å². The van der Waals surface area contributed by atoms with E-state index in [1.807, 2.05) is 20.2 Å². The highest BCUT2D eigenvalue weighted by Crippen LogP contribution is 2.37. The van der Waals surface area contributed by atoms with Gasteiger partial charge < -0.3 is 14.3 Å². The number of amides is 2. The fourth-order valence-corrected chi connectivity index (χ4v) is 3.51. The van der Waals surface area contributed by atoms with Crippen molar-refractivity contribution in [3.8, 4) is 0 Å². The maximum atomic E-state index is 13.1. The predicted octanol–water partition coefficient (Wildman–Crippen LogP) is 1.37. The Hall–Kier alpha value is -2.64. The maximum absolute atomic E-state index is 13.1. The van der Waals surface area contributed by atoms with Crippen LogP contribution in [-0.4, -0.2) is 50.1 Å². The third-order valence-corrected chi connectivity index (χ3v) is 4.70. The number of rotatable bonds is 5. The molecule has 1 fully saturated rings. The Morgan fingerprint density at radius 2 is 2.28 bits per heavy atom. The van der Waals surface area contributed by atoms with Crippen molar-refractivity contribution >= 4 is 11.8 Å². The van der Waals surface area contributed by atoms with Gasteiger partial charge in [-0.2, -0.15) is 5.10 Å². The molecule has 0 bridgehead atoms. The van der Waals surface area contributed by atoms with Crippen LogP contribution in [-0.2, 0) is 23.2 Å². The Bertz CT molecular complexity index is 739. The number of hydrogen-bond donors (Lipinski definition) is 0. The van der Waals surface area contributed by atoms with Gasteiger partial charge in [-0.1, -0.05) is 5.16 Å². The average molecular weight is 345 g/mol. The van der Waals surface area contributed by atoms with Gasteiger partial charge in [0.25, 0.3) is 0 Å². The first kappa shape index (κ1) is 17.2. The summed E-state index contributed by atoms with van der Waals surface area (Å²) in [5, 5.41) is 8.08. The smallest absolute Gasteiger partial charge is 0.228 e. The van der Waals surface area contributed by atoms with Crippen molar-refractivity contribution in [3.05, 3.63) is 36.0 Å². The zero-order valence-electron chi connectivity index (χ0n) is 14.8. The summed E-state index contributed by atoms with van der Waals surface area (Å²) in [5.41, 5.74) is 1.60. The molecule has 0 spiro atoms. The molecular formula is C17H23N5O3. The molecule has 0 aromatic carbocycles. The molecule has 2 amide bonds. The Balaban J connectivity index is 1.86. The molecule has 0 aliphatic carbocycles. The van der Waals surface area contributed by atoms with Crippen LogP contribution in [0.5, 0.6) is 0 Å². The van der Waals surface area contributed by atoms with Crippen molar-refractivity contribution in [1.82, 2.24) is 24.7 Å². The fourth-order valence-electron chi connectivity index (χ4n) is 3.51. The number of carbonyl (C=O) groups excluding carboxylic acids is 2. The Kier molecular flexibility index (Phi) is 4.87. The number of likely N-dealkylation sites (tertiary alicyclic amines) is 1. The third-order valence-electron chi connectivity index (χ3n) is 4.70. The first-order valence-corrected chi connectivity index (χ1v) is 8.43. The average Bonchev–Trinajstić information content (AvgIpc) is 3.25. The van der Waals surface area contributed by atoms with Gasteiger partial charge in [0.15, 0.2) is 0 Å². The lowest BCUT2D eigenvalue weighted by molar-refractivity contribution is -0.147. The Labute approximate surface area is 146 Å². The molecule has 2 atom stereocenters.